The Labute approximate surface area is 132 Å². The van der Waals surface area contributed by atoms with E-state index in [4.69, 9.17) is 21.4 Å². The van der Waals surface area contributed by atoms with Gasteiger partial charge in [0.25, 0.3) is 0 Å². The first-order chi connectivity index (χ1) is 10.0. The van der Waals surface area contributed by atoms with E-state index in [1.54, 1.807) is 13.2 Å². The number of rotatable bonds is 7. The number of carboxylic acids is 1. The monoisotopic (exact) mass is 328 g/mol. The molecule has 1 aromatic heterocycles. The van der Waals surface area contributed by atoms with Crippen molar-refractivity contribution < 1.29 is 14.6 Å². The van der Waals surface area contributed by atoms with Crippen LogP contribution >= 0.6 is 23.4 Å². The number of benzene rings is 1. The summed E-state index contributed by atoms with van der Waals surface area (Å²) in [4.78, 5) is 15.3. The Kier molecular flexibility index (Phi) is 5.50. The summed E-state index contributed by atoms with van der Waals surface area (Å²) in [5.41, 5.74) is 1.73. The number of fused-ring (bicyclic) bond motifs is 1. The zero-order valence-corrected chi connectivity index (χ0v) is 13.4. The number of nitrogens with zero attached hydrogens (tertiary/aromatic N) is 2. The summed E-state index contributed by atoms with van der Waals surface area (Å²) in [5.74, 6) is -0.590. The molecule has 0 spiro atoms. The van der Waals surface area contributed by atoms with Crippen LogP contribution in [0.5, 0.6) is 0 Å². The van der Waals surface area contributed by atoms with E-state index in [1.807, 2.05) is 16.7 Å². The van der Waals surface area contributed by atoms with Gasteiger partial charge in [0.1, 0.15) is 0 Å². The SMILES string of the molecule is COCC(C)Cn1c(SCC(=O)O)nc2ccc(Cl)cc21. The first-order valence-electron chi connectivity index (χ1n) is 6.50. The van der Waals surface area contributed by atoms with Crippen molar-refractivity contribution in [1.82, 2.24) is 9.55 Å². The van der Waals surface area contributed by atoms with Gasteiger partial charge in [0.2, 0.25) is 0 Å². The number of thioether (sulfide) groups is 1. The van der Waals surface area contributed by atoms with Crippen LogP contribution in [0.3, 0.4) is 0 Å². The predicted molar refractivity (Wildman–Crippen MR) is 84.1 cm³/mol. The maximum absolute atomic E-state index is 10.8. The number of carbonyl (C=O) groups is 1. The molecule has 1 heterocycles. The molecule has 2 aromatic rings. The molecule has 0 aliphatic rings. The number of carboxylic acid groups (broad SMARTS) is 1. The first kappa shape index (κ1) is 16.1. The molecule has 1 atom stereocenters. The van der Waals surface area contributed by atoms with E-state index in [0.717, 1.165) is 11.0 Å². The molecule has 0 aliphatic carbocycles. The molecule has 7 heteroatoms. The lowest BCUT2D eigenvalue weighted by molar-refractivity contribution is -0.133. The number of hydrogen-bond donors (Lipinski definition) is 1. The molecule has 0 amide bonds. The highest BCUT2D eigenvalue weighted by Gasteiger charge is 2.15. The van der Waals surface area contributed by atoms with E-state index < -0.39 is 5.97 Å². The van der Waals surface area contributed by atoms with Crippen LogP contribution in [0, 0.1) is 5.92 Å². The van der Waals surface area contributed by atoms with Gasteiger partial charge in [-0.3, -0.25) is 4.79 Å². The standard InChI is InChI=1S/C14H17ClN2O3S/c1-9(7-20-2)6-17-12-5-10(15)3-4-11(12)16-14(17)21-8-13(18)19/h3-5,9H,6-8H2,1-2H3,(H,18,19). The van der Waals surface area contributed by atoms with Gasteiger partial charge in [0.15, 0.2) is 5.16 Å². The number of imidazole rings is 1. The van der Waals surface area contributed by atoms with Crippen molar-refractivity contribution in [2.75, 3.05) is 19.5 Å². The zero-order chi connectivity index (χ0) is 15.4. The maximum Gasteiger partial charge on any atom is 0.313 e. The van der Waals surface area contributed by atoms with Crippen molar-refractivity contribution in [3.63, 3.8) is 0 Å². The van der Waals surface area contributed by atoms with Crippen molar-refractivity contribution in [1.29, 1.82) is 0 Å². The van der Waals surface area contributed by atoms with Crippen LogP contribution in [-0.4, -0.2) is 40.1 Å². The molecule has 21 heavy (non-hydrogen) atoms. The van der Waals surface area contributed by atoms with Gasteiger partial charge in [-0.05, 0) is 24.1 Å². The second kappa shape index (κ2) is 7.15. The van der Waals surface area contributed by atoms with Crippen LogP contribution < -0.4 is 0 Å². The molecular weight excluding hydrogens is 312 g/mol. The Bertz CT molecular complexity index is 644. The number of aromatic nitrogens is 2. The summed E-state index contributed by atoms with van der Waals surface area (Å²) in [6.45, 7) is 3.40. The van der Waals surface area contributed by atoms with Crippen LogP contribution in [0.1, 0.15) is 6.92 Å². The van der Waals surface area contributed by atoms with Crippen molar-refractivity contribution in [3.8, 4) is 0 Å². The maximum atomic E-state index is 10.8. The van der Waals surface area contributed by atoms with E-state index in [9.17, 15) is 4.79 Å². The third kappa shape index (κ3) is 4.12. The second-order valence-corrected chi connectivity index (χ2v) is 6.26. The lowest BCUT2D eigenvalue weighted by atomic mass is 10.2. The third-order valence-electron chi connectivity index (χ3n) is 2.95. The Balaban J connectivity index is 2.37. The summed E-state index contributed by atoms with van der Waals surface area (Å²) < 4.78 is 7.18. The highest BCUT2D eigenvalue weighted by molar-refractivity contribution is 7.99. The van der Waals surface area contributed by atoms with Crippen molar-refractivity contribution >= 4 is 40.4 Å². The Morgan fingerprint density at radius 1 is 1.57 bits per heavy atom. The lowest BCUT2D eigenvalue weighted by Crippen LogP contribution is -2.13. The zero-order valence-electron chi connectivity index (χ0n) is 11.9. The molecule has 1 N–H and O–H groups in total. The minimum absolute atomic E-state index is 0.0181. The van der Waals surface area contributed by atoms with Crippen molar-refractivity contribution in [3.05, 3.63) is 23.2 Å². The number of ether oxygens (including phenoxy) is 1. The minimum atomic E-state index is -0.860. The highest BCUT2D eigenvalue weighted by atomic mass is 35.5. The minimum Gasteiger partial charge on any atom is -0.481 e. The summed E-state index contributed by atoms with van der Waals surface area (Å²) in [6, 6.07) is 5.49. The number of aliphatic carboxylic acids is 1. The fourth-order valence-electron chi connectivity index (χ4n) is 2.14. The summed E-state index contributed by atoms with van der Waals surface area (Å²) in [5, 5.41) is 10.2. The Hall–Kier alpha value is -1.24. The van der Waals surface area contributed by atoms with Gasteiger partial charge in [-0.2, -0.15) is 0 Å². The normalized spacial score (nSPS) is 12.7. The van der Waals surface area contributed by atoms with E-state index in [2.05, 4.69) is 11.9 Å². The van der Waals surface area contributed by atoms with Gasteiger partial charge in [0.05, 0.1) is 23.4 Å². The second-order valence-electron chi connectivity index (χ2n) is 4.88. The number of methoxy groups -OCH3 is 1. The van der Waals surface area contributed by atoms with E-state index in [0.29, 0.717) is 23.3 Å². The molecule has 1 unspecified atom stereocenters. The summed E-state index contributed by atoms with van der Waals surface area (Å²) in [6.07, 6.45) is 0. The largest absolute Gasteiger partial charge is 0.481 e. The number of hydrogen-bond acceptors (Lipinski definition) is 4. The molecule has 0 bridgehead atoms. The van der Waals surface area contributed by atoms with Crippen LogP contribution in [0.15, 0.2) is 23.4 Å². The van der Waals surface area contributed by atoms with Crippen molar-refractivity contribution in [2.45, 2.75) is 18.6 Å². The van der Waals surface area contributed by atoms with Crippen LogP contribution in [-0.2, 0) is 16.1 Å². The highest BCUT2D eigenvalue weighted by Crippen LogP contribution is 2.27. The smallest absolute Gasteiger partial charge is 0.313 e. The molecule has 114 valence electrons. The van der Waals surface area contributed by atoms with Gasteiger partial charge in [-0.25, -0.2) is 4.98 Å². The lowest BCUT2D eigenvalue weighted by Gasteiger charge is -2.14. The molecule has 0 fully saturated rings. The topological polar surface area (TPSA) is 64.3 Å². The summed E-state index contributed by atoms with van der Waals surface area (Å²) >= 11 is 7.27. The predicted octanol–water partition coefficient (Wildman–Crippen LogP) is 3.15. The van der Waals surface area contributed by atoms with E-state index in [-0.39, 0.29) is 11.7 Å². The molecule has 0 saturated heterocycles. The van der Waals surface area contributed by atoms with E-state index >= 15 is 0 Å². The van der Waals surface area contributed by atoms with Gasteiger partial charge in [-0.1, -0.05) is 30.3 Å². The summed E-state index contributed by atoms with van der Waals surface area (Å²) in [7, 11) is 1.67. The third-order valence-corrected chi connectivity index (χ3v) is 4.14. The van der Waals surface area contributed by atoms with Crippen LogP contribution in [0.4, 0.5) is 0 Å². The fourth-order valence-corrected chi connectivity index (χ4v) is 3.05. The molecule has 0 radical (unpaired) electrons. The molecule has 5 nitrogen and oxygen atoms in total. The quantitative estimate of drug-likeness (QED) is 0.791. The van der Waals surface area contributed by atoms with E-state index in [1.165, 1.54) is 11.8 Å². The van der Waals surface area contributed by atoms with Gasteiger partial charge in [-0.15, -0.1) is 0 Å². The fraction of sp³-hybridized carbons (Fsp3) is 0.429. The van der Waals surface area contributed by atoms with Crippen molar-refractivity contribution in [2.24, 2.45) is 5.92 Å². The Morgan fingerprint density at radius 3 is 3.00 bits per heavy atom. The first-order valence-corrected chi connectivity index (χ1v) is 7.87. The molecule has 0 aliphatic heterocycles. The molecule has 0 saturated carbocycles. The van der Waals surface area contributed by atoms with Crippen LogP contribution in [0.25, 0.3) is 11.0 Å². The molecule has 1 aromatic carbocycles. The average molecular weight is 329 g/mol. The molecule has 2 rings (SSSR count). The molecular formula is C14H17ClN2O3S. The van der Waals surface area contributed by atoms with Crippen LogP contribution in [0.2, 0.25) is 5.02 Å². The average Bonchev–Trinajstić information content (AvgIpc) is 2.74. The number of halogens is 1. The van der Waals surface area contributed by atoms with Gasteiger partial charge >= 0.3 is 5.97 Å². The Morgan fingerprint density at radius 2 is 2.33 bits per heavy atom. The van der Waals surface area contributed by atoms with Gasteiger partial charge in [0, 0.05) is 18.7 Å². The van der Waals surface area contributed by atoms with Gasteiger partial charge < -0.3 is 14.4 Å².